The molecule has 3 heteroatoms. The average Bonchev–Trinajstić information content (AvgIpc) is 2.09. The van der Waals surface area contributed by atoms with Gasteiger partial charge in [-0.1, -0.05) is 6.42 Å². The first-order valence-corrected chi connectivity index (χ1v) is 5.22. The van der Waals surface area contributed by atoms with Crippen molar-refractivity contribution in [3.8, 4) is 0 Å². The first-order chi connectivity index (χ1) is 6.05. The van der Waals surface area contributed by atoms with Gasteiger partial charge in [0.15, 0.2) is 0 Å². The van der Waals surface area contributed by atoms with E-state index in [0.29, 0.717) is 19.1 Å². The van der Waals surface area contributed by atoms with E-state index in [2.05, 4.69) is 11.8 Å². The fourth-order valence-corrected chi connectivity index (χ4v) is 1.89. The molecule has 0 aliphatic carbocycles. The second-order valence-corrected chi connectivity index (χ2v) is 4.52. The maximum absolute atomic E-state index is 9.83. The van der Waals surface area contributed by atoms with Crippen LogP contribution in [-0.4, -0.2) is 41.3 Å². The highest BCUT2D eigenvalue weighted by Crippen LogP contribution is 2.18. The van der Waals surface area contributed by atoms with Crippen molar-refractivity contribution in [2.45, 2.75) is 44.8 Å². The molecule has 1 saturated heterocycles. The van der Waals surface area contributed by atoms with Gasteiger partial charge in [-0.05, 0) is 33.2 Å². The second kappa shape index (κ2) is 4.40. The molecule has 1 aliphatic rings. The molecule has 78 valence electrons. The summed E-state index contributed by atoms with van der Waals surface area (Å²) in [7, 11) is 0. The Morgan fingerprint density at radius 2 is 2.23 bits per heavy atom. The molecule has 0 aromatic carbocycles. The molecule has 0 amide bonds. The van der Waals surface area contributed by atoms with E-state index in [-0.39, 0.29) is 0 Å². The molecule has 2 unspecified atom stereocenters. The van der Waals surface area contributed by atoms with Crippen LogP contribution in [-0.2, 0) is 0 Å². The Morgan fingerprint density at radius 3 is 2.77 bits per heavy atom. The first-order valence-electron chi connectivity index (χ1n) is 5.22. The van der Waals surface area contributed by atoms with E-state index in [1.807, 2.05) is 6.92 Å². The summed E-state index contributed by atoms with van der Waals surface area (Å²) in [6.45, 7) is 6.21. The number of nitrogens with two attached hydrogens (primary N) is 1. The van der Waals surface area contributed by atoms with Crippen LogP contribution in [0.15, 0.2) is 0 Å². The summed E-state index contributed by atoms with van der Waals surface area (Å²) in [5.41, 5.74) is 4.78. The molecule has 0 aromatic heterocycles. The third kappa shape index (κ3) is 3.25. The van der Waals surface area contributed by atoms with Crippen LogP contribution in [0.5, 0.6) is 0 Å². The normalized spacial score (nSPS) is 30.0. The topological polar surface area (TPSA) is 49.5 Å². The molecule has 0 saturated carbocycles. The minimum absolute atomic E-state index is 0.343. The molecule has 13 heavy (non-hydrogen) atoms. The number of nitrogens with zero attached hydrogens (tertiary/aromatic N) is 1. The lowest BCUT2D eigenvalue weighted by Crippen LogP contribution is -2.50. The maximum atomic E-state index is 9.83. The standard InChI is InChI=1S/C10H22N2O/c1-9-5-3-4-6-12(9)8-10(2,13)7-11/h9,13H,3-8,11H2,1-2H3. The van der Waals surface area contributed by atoms with Gasteiger partial charge in [-0.25, -0.2) is 0 Å². The van der Waals surface area contributed by atoms with Crippen molar-refractivity contribution < 1.29 is 5.11 Å². The highest BCUT2D eigenvalue weighted by atomic mass is 16.3. The third-order valence-electron chi connectivity index (χ3n) is 2.92. The molecule has 0 spiro atoms. The summed E-state index contributed by atoms with van der Waals surface area (Å²) in [5.74, 6) is 0. The van der Waals surface area contributed by atoms with Crippen molar-refractivity contribution in [1.29, 1.82) is 0 Å². The second-order valence-electron chi connectivity index (χ2n) is 4.52. The number of hydrogen-bond donors (Lipinski definition) is 2. The Balaban J connectivity index is 2.42. The zero-order chi connectivity index (χ0) is 9.90. The van der Waals surface area contributed by atoms with E-state index in [4.69, 9.17) is 5.73 Å². The van der Waals surface area contributed by atoms with Crippen LogP contribution in [0, 0.1) is 0 Å². The van der Waals surface area contributed by atoms with Gasteiger partial charge in [-0.3, -0.25) is 4.90 Å². The molecular weight excluding hydrogens is 164 g/mol. The summed E-state index contributed by atoms with van der Waals surface area (Å²) in [6.07, 6.45) is 3.83. The summed E-state index contributed by atoms with van der Waals surface area (Å²) in [4.78, 5) is 2.34. The largest absolute Gasteiger partial charge is 0.388 e. The highest BCUT2D eigenvalue weighted by Gasteiger charge is 2.26. The summed E-state index contributed by atoms with van der Waals surface area (Å²) in [5, 5.41) is 9.83. The fourth-order valence-electron chi connectivity index (χ4n) is 1.89. The van der Waals surface area contributed by atoms with Crippen LogP contribution in [0.25, 0.3) is 0 Å². The van der Waals surface area contributed by atoms with Gasteiger partial charge in [-0.15, -0.1) is 0 Å². The highest BCUT2D eigenvalue weighted by molar-refractivity contribution is 4.82. The van der Waals surface area contributed by atoms with Gasteiger partial charge >= 0.3 is 0 Å². The van der Waals surface area contributed by atoms with E-state index in [1.165, 1.54) is 19.3 Å². The first kappa shape index (κ1) is 11.0. The molecule has 3 nitrogen and oxygen atoms in total. The Hall–Kier alpha value is -0.120. The lowest BCUT2D eigenvalue weighted by Gasteiger charge is -2.37. The quantitative estimate of drug-likeness (QED) is 0.677. The molecule has 2 atom stereocenters. The zero-order valence-electron chi connectivity index (χ0n) is 8.79. The van der Waals surface area contributed by atoms with Crippen LogP contribution in [0.1, 0.15) is 33.1 Å². The summed E-state index contributed by atoms with van der Waals surface area (Å²) < 4.78 is 0. The summed E-state index contributed by atoms with van der Waals surface area (Å²) >= 11 is 0. The molecule has 1 aliphatic heterocycles. The third-order valence-corrected chi connectivity index (χ3v) is 2.92. The van der Waals surface area contributed by atoms with E-state index in [0.717, 1.165) is 6.54 Å². The Labute approximate surface area is 80.9 Å². The predicted molar refractivity (Wildman–Crippen MR) is 54.6 cm³/mol. The summed E-state index contributed by atoms with van der Waals surface area (Å²) in [6, 6.07) is 0.603. The van der Waals surface area contributed by atoms with Crippen molar-refractivity contribution >= 4 is 0 Å². The van der Waals surface area contributed by atoms with Gasteiger partial charge in [0, 0.05) is 19.1 Å². The molecule has 1 fully saturated rings. The molecule has 1 heterocycles. The van der Waals surface area contributed by atoms with Crippen molar-refractivity contribution in [3.05, 3.63) is 0 Å². The van der Waals surface area contributed by atoms with Gasteiger partial charge in [0.2, 0.25) is 0 Å². The fraction of sp³-hybridized carbons (Fsp3) is 1.00. The monoisotopic (exact) mass is 186 g/mol. The average molecular weight is 186 g/mol. The van der Waals surface area contributed by atoms with Crippen LogP contribution in [0.3, 0.4) is 0 Å². The zero-order valence-corrected chi connectivity index (χ0v) is 8.79. The van der Waals surface area contributed by atoms with Crippen LogP contribution >= 0.6 is 0 Å². The van der Waals surface area contributed by atoms with Crippen LogP contribution in [0.4, 0.5) is 0 Å². The number of piperidine rings is 1. The molecule has 0 radical (unpaired) electrons. The van der Waals surface area contributed by atoms with Crippen LogP contribution < -0.4 is 5.73 Å². The van der Waals surface area contributed by atoms with E-state index >= 15 is 0 Å². The number of likely N-dealkylation sites (tertiary alicyclic amines) is 1. The van der Waals surface area contributed by atoms with Crippen molar-refractivity contribution in [2.75, 3.05) is 19.6 Å². The van der Waals surface area contributed by atoms with Gasteiger partial charge in [0.1, 0.15) is 0 Å². The lowest BCUT2D eigenvalue weighted by atomic mass is 10.00. The van der Waals surface area contributed by atoms with Gasteiger partial charge in [0.05, 0.1) is 5.60 Å². The van der Waals surface area contributed by atoms with Crippen LogP contribution in [0.2, 0.25) is 0 Å². The number of rotatable bonds is 3. The minimum atomic E-state index is -0.717. The van der Waals surface area contributed by atoms with Crippen molar-refractivity contribution in [1.82, 2.24) is 4.90 Å². The molecule has 1 rings (SSSR count). The van der Waals surface area contributed by atoms with Gasteiger partial charge < -0.3 is 10.8 Å². The molecule has 3 N–H and O–H groups in total. The van der Waals surface area contributed by atoms with Crippen molar-refractivity contribution in [2.24, 2.45) is 5.73 Å². The maximum Gasteiger partial charge on any atom is 0.0867 e. The minimum Gasteiger partial charge on any atom is -0.388 e. The lowest BCUT2D eigenvalue weighted by molar-refractivity contribution is 0.00624. The van der Waals surface area contributed by atoms with E-state index in [9.17, 15) is 5.11 Å². The van der Waals surface area contributed by atoms with E-state index < -0.39 is 5.60 Å². The Kier molecular flexibility index (Phi) is 3.71. The van der Waals surface area contributed by atoms with Crippen molar-refractivity contribution in [3.63, 3.8) is 0 Å². The number of β-amino-alcohol motifs (C(OH)–C–C–N with tert-alkyl or cyclic N) is 1. The van der Waals surface area contributed by atoms with Gasteiger partial charge in [-0.2, -0.15) is 0 Å². The molecule has 0 bridgehead atoms. The molecular formula is C10H22N2O. The van der Waals surface area contributed by atoms with Gasteiger partial charge in [0.25, 0.3) is 0 Å². The predicted octanol–water partition coefficient (Wildman–Crippen LogP) is 0.571. The number of hydrogen-bond acceptors (Lipinski definition) is 3. The number of aliphatic hydroxyl groups is 1. The Bertz CT molecular complexity index is 159. The smallest absolute Gasteiger partial charge is 0.0867 e. The Morgan fingerprint density at radius 1 is 1.54 bits per heavy atom. The van der Waals surface area contributed by atoms with E-state index in [1.54, 1.807) is 0 Å². The molecule has 0 aromatic rings. The SMILES string of the molecule is CC1CCCCN1CC(C)(O)CN.